The molecule has 4 rings (SSSR count). The lowest BCUT2D eigenvalue weighted by Gasteiger charge is -2.20. The second-order valence-corrected chi connectivity index (χ2v) is 10.8. The molecule has 0 unspecified atom stereocenters. The number of aromatic hydroxyl groups is 1. The number of carbonyl (C=O) groups is 2. The van der Waals surface area contributed by atoms with Gasteiger partial charge in [-0.25, -0.2) is 4.39 Å². The van der Waals surface area contributed by atoms with E-state index in [1.807, 2.05) is 48.7 Å². The zero-order chi connectivity index (χ0) is 30.4. The summed E-state index contributed by atoms with van der Waals surface area (Å²) in [4.78, 5) is 25.2. The Bertz CT molecular complexity index is 1530. The molecule has 4 N–H and O–H groups in total. The van der Waals surface area contributed by atoms with Crippen LogP contribution in [0.15, 0.2) is 78.9 Å². The first-order valence-corrected chi connectivity index (χ1v) is 14.0. The van der Waals surface area contributed by atoms with E-state index in [9.17, 15) is 29.3 Å². The first-order chi connectivity index (χ1) is 20.1. The fourth-order valence-corrected chi connectivity index (χ4v) is 5.46. The van der Waals surface area contributed by atoms with Gasteiger partial charge in [0.2, 0.25) is 0 Å². The smallest absolute Gasteiger partial charge is 0.305 e. The summed E-state index contributed by atoms with van der Waals surface area (Å²) in [6, 6.07) is 22.2. The molecule has 0 bridgehead atoms. The number of carboxylic acids is 1. The normalized spacial score (nSPS) is 12.8. The van der Waals surface area contributed by atoms with Crippen LogP contribution in [0.1, 0.15) is 60.6 Å². The van der Waals surface area contributed by atoms with Crippen molar-refractivity contribution in [3.63, 3.8) is 0 Å². The van der Waals surface area contributed by atoms with Gasteiger partial charge in [0.15, 0.2) is 5.78 Å². The van der Waals surface area contributed by atoms with Crippen molar-refractivity contribution in [1.29, 1.82) is 0 Å². The summed E-state index contributed by atoms with van der Waals surface area (Å²) < 4.78 is 16.0. The zero-order valence-electron chi connectivity index (χ0n) is 23.7. The van der Waals surface area contributed by atoms with Gasteiger partial charge in [-0.3, -0.25) is 9.59 Å². The third kappa shape index (κ3) is 7.13. The molecule has 3 aromatic carbocycles. The Morgan fingerprint density at radius 3 is 2.12 bits per heavy atom. The number of halogens is 1. The van der Waals surface area contributed by atoms with Crippen LogP contribution in [-0.4, -0.2) is 49.0 Å². The van der Waals surface area contributed by atoms with E-state index in [0.717, 1.165) is 11.3 Å². The number of hydrogen-bond donors (Lipinski definition) is 4. The molecule has 0 aliphatic carbocycles. The van der Waals surface area contributed by atoms with Gasteiger partial charge in [0.1, 0.15) is 11.6 Å². The number of Topliss-reactive ketones (excluding diaryl/α,β-unsaturated/α-hetero) is 1. The summed E-state index contributed by atoms with van der Waals surface area (Å²) in [5, 5.41) is 40.2. The number of aliphatic carboxylic acids is 1. The highest BCUT2D eigenvalue weighted by molar-refractivity contribution is 6.08. The van der Waals surface area contributed by atoms with Crippen LogP contribution in [0.5, 0.6) is 5.75 Å². The van der Waals surface area contributed by atoms with Gasteiger partial charge in [-0.1, -0.05) is 62.4 Å². The van der Waals surface area contributed by atoms with Crippen LogP contribution < -0.4 is 0 Å². The van der Waals surface area contributed by atoms with Crippen molar-refractivity contribution < 1.29 is 34.4 Å². The molecule has 0 aliphatic rings. The summed E-state index contributed by atoms with van der Waals surface area (Å²) in [5.74, 6) is -1.86. The predicted octanol–water partition coefficient (Wildman–Crippen LogP) is 6.19. The van der Waals surface area contributed by atoms with Gasteiger partial charge < -0.3 is 25.0 Å². The molecule has 0 radical (unpaired) electrons. The van der Waals surface area contributed by atoms with Gasteiger partial charge in [0.25, 0.3) is 0 Å². The van der Waals surface area contributed by atoms with Crippen LogP contribution in [0.4, 0.5) is 4.39 Å². The summed E-state index contributed by atoms with van der Waals surface area (Å²) in [5.41, 5.74) is 4.53. The number of phenolic OH excluding ortho intramolecular Hbond substituents is 1. The molecule has 0 aliphatic heterocycles. The van der Waals surface area contributed by atoms with Gasteiger partial charge in [-0.15, -0.1) is 0 Å². The van der Waals surface area contributed by atoms with Gasteiger partial charge in [0, 0.05) is 35.3 Å². The highest BCUT2D eigenvalue weighted by Crippen LogP contribution is 2.43. The average Bonchev–Trinajstić information content (AvgIpc) is 3.29. The summed E-state index contributed by atoms with van der Waals surface area (Å²) >= 11 is 0. The molecular formula is C34H36FNO6. The van der Waals surface area contributed by atoms with Crippen LogP contribution >= 0.6 is 0 Å². The molecular weight excluding hydrogens is 537 g/mol. The fourth-order valence-electron chi connectivity index (χ4n) is 5.46. The van der Waals surface area contributed by atoms with Gasteiger partial charge in [-0.05, 0) is 60.2 Å². The van der Waals surface area contributed by atoms with Crippen LogP contribution in [0, 0.1) is 5.82 Å². The van der Waals surface area contributed by atoms with E-state index in [4.69, 9.17) is 5.11 Å². The number of carboxylic acid groups (broad SMARTS) is 1. The topological polar surface area (TPSA) is 120 Å². The number of rotatable bonds is 13. The van der Waals surface area contributed by atoms with Crippen molar-refractivity contribution in [3.05, 3.63) is 102 Å². The van der Waals surface area contributed by atoms with Crippen molar-refractivity contribution >= 4 is 11.8 Å². The molecule has 220 valence electrons. The molecule has 1 heterocycles. The van der Waals surface area contributed by atoms with E-state index in [1.54, 1.807) is 36.4 Å². The molecule has 4 aromatic rings. The average molecular weight is 574 g/mol. The van der Waals surface area contributed by atoms with Crippen molar-refractivity contribution in [1.82, 2.24) is 4.57 Å². The van der Waals surface area contributed by atoms with Crippen molar-refractivity contribution in [3.8, 4) is 28.1 Å². The minimum Gasteiger partial charge on any atom is -0.508 e. The third-order valence-corrected chi connectivity index (χ3v) is 7.29. The molecule has 0 saturated carbocycles. The number of benzene rings is 3. The number of nitrogens with zero attached hydrogens (tertiary/aromatic N) is 1. The number of hydrogen-bond acceptors (Lipinski definition) is 5. The SMILES string of the molecule is CC(C)c1c(C(=O)Cc2ccccc2O)c(-c2ccccc2)c(-c2ccc(F)cc2)n1CC[C@@H](O)C[C@@H](O)CC(=O)O. The van der Waals surface area contributed by atoms with Crippen LogP contribution in [0.3, 0.4) is 0 Å². The van der Waals surface area contributed by atoms with Crippen LogP contribution in [0.25, 0.3) is 22.4 Å². The summed E-state index contributed by atoms with van der Waals surface area (Å²) in [6.07, 6.45) is -2.63. The van der Waals surface area contributed by atoms with E-state index in [0.29, 0.717) is 27.9 Å². The van der Waals surface area contributed by atoms with Gasteiger partial charge in [0.05, 0.1) is 24.3 Å². The number of ketones is 1. The van der Waals surface area contributed by atoms with Gasteiger partial charge in [-0.2, -0.15) is 0 Å². The van der Waals surface area contributed by atoms with Crippen molar-refractivity contribution in [2.24, 2.45) is 0 Å². The Balaban J connectivity index is 1.91. The lowest BCUT2D eigenvalue weighted by Crippen LogP contribution is -2.22. The largest absolute Gasteiger partial charge is 0.508 e. The second kappa shape index (κ2) is 13.6. The fraction of sp³-hybridized carbons (Fsp3) is 0.294. The molecule has 1 aromatic heterocycles. The molecule has 2 atom stereocenters. The lowest BCUT2D eigenvalue weighted by molar-refractivity contribution is -0.139. The van der Waals surface area contributed by atoms with E-state index in [2.05, 4.69) is 0 Å². The molecule has 0 fully saturated rings. The minimum atomic E-state index is -1.20. The van der Waals surface area contributed by atoms with Crippen molar-refractivity contribution in [2.45, 2.75) is 64.2 Å². The monoisotopic (exact) mass is 573 g/mol. The zero-order valence-corrected chi connectivity index (χ0v) is 23.7. The molecule has 42 heavy (non-hydrogen) atoms. The Morgan fingerprint density at radius 2 is 1.50 bits per heavy atom. The molecule has 0 spiro atoms. The van der Waals surface area contributed by atoms with Crippen LogP contribution in [-0.2, 0) is 17.8 Å². The highest BCUT2D eigenvalue weighted by atomic mass is 19.1. The Hall–Kier alpha value is -4.27. The number of para-hydroxylation sites is 1. The first-order valence-electron chi connectivity index (χ1n) is 14.0. The second-order valence-electron chi connectivity index (χ2n) is 10.8. The summed E-state index contributed by atoms with van der Waals surface area (Å²) in [7, 11) is 0. The molecule has 7 nitrogen and oxygen atoms in total. The van der Waals surface area contributed by atoms with E-state index < -0.39 is 30.4 Å². The number of aliphatic hydroxyl groups is 2. The highest BCUT2D eigenvalue weighted by Gasteiger charge is 2.31. The summed E-state index contributed by atoms with van der Waals surface area (Å²) in [6.45, 7) is 4.20. The lowest BCUT2D eigenvalue weighted by atomic mass is 9.90. The van der Waals surface area contributed by atoms with E-state index in [1.165, 1.54) is 12.1 Å². The van der Waals surface area contributed by atoms with E-state index in [-0.39, 0.29) is 43.3 Å². The quantitative estimate of drug-likeness (QED) is 0.142. The Morgan fingerprint density at radius 1 is 0.857 bits per heavy atom. The molecule has 0 saturated heterocycles. The Labute approximate surface area is 244 Å². The molecule has 8 heteroatoms. The Kier molecular flexibility index (Phi) is 9.93. The number of aliphatic hydroxyl groups excluding tert-OH is 2. The van der Waals surface area contributed by atoms with Crippen molar-refractivity contribution in [2.75, 3.05) is 0 Å². The maximum absolute atomic E-state index is 14.2. The first kappa shape index (κ1) is 30.7. The number of aromatic nitrogens is 1. The third-order valence-electron chi connectivity index (χ3n) is 7.29. The number of carbonyl (C=O) groups excluding carboxylic acids is 1. The standard InChI is InChI=1S/C34H36FNO6/c1-21(2)33-32(29(40)18-24-10-6-7-11-28(24)39)31(22-8-4-3-5-9-22)34(23-12-14-25(35)15-13-23)36(33)17-16-26(37)19-27(38)20-30(41)42/h3-15,21,26-27,37-39H,16-20H2,1-2H3,(H,41,42)/t26-,27-/m1/s1. The number of phenols is 1. The maximum Gasteiger partial charge on any atom is 0.305 e. The predicted molar refractivity (Wildman–Crippen MR) is 159 cm³/mol. The van der Waals surface area contributed by atoms with Crippen LogP contribution in [0.2, 0.25) is 0 Å². The molecule has 0 amide bonds. The minimum absolute atomic E-state index is 0.0273. The van der Waals surface area contributed by atoms with Gasteiger partial charge >= 0.3 is 5.97 Å². The van der Waals surface area contributed by atoms with E-state index >= 15 is 0 Å². The maximum atomic E-state index is 14.2.